The molecule has 0 amide bonds. The lowest BCUT2D eigenvalue weighted by Crippen LogP contribution is -2.04. The Balaban J connectivity index is 1.88. The van der Waals surface area contributed by atoms with E-state index in [0.29, 0.717) is 11.3 Å². The zero-order valence-electron chi connectivity index (χ0n) is 11.2. The molecule has 0 spiro atoms. The van der Waals surface area contributed by atoms with Gasteiger partial charge in [0.05, 0.1) is 0 Å². The van der Waals surface area contributed by atoms with Gasteiger partial charge in [0, 0.05) is 18.3 Å². The first-order chi connectivity index (χ1) is 9.78. The number of fused-ring (bicyclic) bond motifs is 1. The molecule has 1 aliphatic rings. The number of nitrogens with zero attached hydrogens (tertiary/aromatic N) is 1. The average molecular weight is 272 g/mol. The van der Waals surface area contributed by atoms with E-state index < -0.39 is 5.82 Å². The molecular formula is C16H17FN2O. The number of pyridine rings is 1. The van der Waals surface area contributed by atoms with Crippen LogP contribution in [-0.4, -0.2) is 4.98 Å². The maximum absolute atomic E-state index is 14.0. The molecule has 1 aliphatic carbocycles. The number of halogens is 1. The largest absolute Gasteiger partial charge is 0.436 e. The molecule has 3 nitrogen and oxygen atoms in total. The standard InChI is InChI=1S/C16H17FN2O/c17-15-13(10-18)7-8-19-16(15)20-14-6-5-11-3-1-2-4-12(11)9-14/h5-9H,1-4,10,18H2. The first-order valence-electron chi connectivity index (χ1n) is 6.91. The van der Waals surface area contributed by atoms with Gasteiger partial charge in [0.2, 0.25) is 0 Å². The third-order valence-corrected chi connectivity index (χ3v) is 3.69. The summed E-state index contributed by atoms with van der Waals surface area (Å²) in [5, 5.41) is 0. The van der Waals surface area contributed by atoms with Gasteiger partial charge in [-0.2, -0.15) is 0 Å². The van der Waals surface area contributed by atoms with Crippen molar-refractivity contribution in [1.82, 2.24) is 4.98 Å². The number of rotatable bonds is 3. The fraction of sp³-hybridized carbons (Fsp3) is 0.312. The van der Waals surface area contributed by atoms with E-state index in [9.17, 15) is 4.39 Å². The van der Waals surface area contributed by atoms with Crippen LogP contribution in [0.5, 0.6) is 11.6 Å². The summed E-state index contributed by atoms with van der Waals surface area (Å²) in [4.78, 5) is 3.94. The molecule has 0 saturated carbocycles. The maximum atomic E-state index is 14.0. The molecule has 0 aliphatic heterocycles. The molecule has 4 heteroatoms. The summed E-state index contributed by atoms with van der Waals surface area (Å²) in [5.74, 6) is 0.141. The topological polar surface area (TPSA) is 48.1 Å². The number of hydrogen-bond donors (Lipinski definition) is 1. The van der Waals surface area contributed by atoms with E-state index in [1.807, 2.05) is 12.1 Å². The lowest BCUT2D eigenvalue weighted by molar-refractivity contribution is 0.418. The van der Waals surface area contributed by atoms with Crippen molar-refractivity contribution in [2.24, 2.45) is 5.73 Å². The SMILES string of the molecule is NCc1ccnc(Oc2ccc3c(c2)CCCC3)c1F. The van der Waals surface area contributed by atoms with E-state index in [4.69, 9.17) is 10.5 Å². The van der Waals surface area contributed by atoms with Gasteiger partial charge >= 0.3 is 0 Å². The summed E-state index contributed by atoms with van der Waals surface area (Å²) in [6, 6.07) is 7.49. The highest BCUT2D eigenvalue weighted by Crippen LogP contribution is 2.29. The third-order valence-electron chi connectivity index (χ3n) is 3.69. The summed E-state index contributed by atoms with van der Waals surface area (Å²) >= 11 is 0. The highest BCUT2D eigenvalue weighted by Gasteiger charge is 2.13. The second-order valence-corrected chi connectivity index (χ2v) is 5.03. The Morgan fingerprint density at radius 3 is 2.75 bits per heavy atom. The van der Waals surface area contributed by atoms with Gasteiger partial charge in [-0.05, 0) is 55.0 Å². The van der Waals surface area contributed by atoms with Crippen molar-refractivity contribution in [3.05, 3.63) is 53.0 Å². The highest BCUT2D eigenvalue weighted by atomic mass is 19.1. The van der Waals surface area contributed by atoms with Gasteiger partial charge in [-0.25, -0.2) is 9.37 Å². The number of benzene rings is 1. The zero-order valence-corrected chi connectivity index (χ0v) is 11.2. The molecule has 3 rings (SSSR count). The van der Waals surface area contributed by atoms with Crippen molar-refractivity contribution in [2.75, 3.05) is 0 Å². The Bertz CT molecular complexity index is 628. The molecule has 1 heterocycles. The van der Waals surface area contributed by atoms with Crippen molar-refractivity contribution in [2.45, 2.75) is 32.2 Å². The van der Waals surface area contributed by atoms with Crippen LogP contribution >= 0.6 is 0 Å². The van der Waals surface area contributed by atoms with Crippen LogP contribution in [0.15, 0.2) is 30.5 Å². The van der Waals surface area contributed by atoms with Crippen LogP contribution in [0.2, 0.25) is 0 Å². The van der Waals surface area contributed by atoms with E-state index >= 15 is 0 Å². The molecule has 20 heavy (non-hydrogen) atoms. The van der Waals surface area contributed by atoms with Crippen molar-refractivity contribution in [3.8, 4) is 11.6 Å². The average Bonchev–Trinajstić information content (AvgIpc) is 2.49. The normalized spacial score (nSPS) is 13.9. The van der Waals surface area contributed by atoms with E-state index in [2.05, 4.69) is 11.1 Å². The predicted octanol–water partition coefficient (Wildman–Crippen LogP) is 3.35. The Morgan fingerprint density at radius 2 is 1.95 bits per heavy atom. The number of aryl methyl sites for hydroxylation is 2. The van der Waals surface area contributed by atoms with Gasteiger partial charge in [0.1, 0.15) is 5.75 Å². The van der Waals surface area contributed by atoms with Crippen molar-refractivity contribution in [1.29, 1.82) is 0 Å². The molecule has 1 aromatic heterocycles. The minimum Gasteiger partial charge on any atom is -0.436 e. The first-order valence-corrected chi connectivity index (χ1v) is 6.91. The number of nitrogens with two attached hydrogens (primary N) is 1. The molecule has 0 radical (unpaired) electrons. The molecule has 0 unspecified atom stereocenters. The summed E-state index contributed by atoms with van der Waals surface area (Å²) < 4.78 is 19.6. The van der Waals surface area contributed by atoms with E-state index in [0.717, 1.165) is 12.8 Å². The van der Waals surface area contributed by atoms with Crippen molar-refractivity contribution >= 4 is 0 Å². The quantitative estimate of drug-likeness (QED) is 0.932. The Morgan fingerprint density at radius 1 is 1.15 bits per heavy atom. The summed E-state index contributed by atoms with van der Waals surface area (Å²) in [7, 11) is 0. The number of hydrogen-bond acceptors (Lipinski definition) is 3. The fourth-order valence-corrected chi connectivity index (χ4v) is 2.58. The van der Waals surface area contributed by atoms with Crippen LogP contribution in [0.4, 0.5) is 4.39 Å². The van der Waals surface area contributed by atoms with Crippen molar-refractivity contribution in [3.63, 3.8) is 0 Å². The minimum atomic E-state index is -0.479. The van der Waals surface area contributed by atoms with Crippen LogP contribution in [0, 0.1) is 5.82 Å². The molecule has 1 aromatic carbocycles. The molecular weight excluding hydrogens is 255 g/mol. The Hall–Kier alpha value is -1.94. The lowest BCUT2D eigenvalue weighted by Gasteiger charge is -2.16. The summed E-state index contributed by atoms with van der Waals surface area (Å²) in [6.45, 7) is 0.134. The highest BCUT2D eigenvalue weighted by molar-refractivity contribution is 5.39. The van der Waals surface area contributed by atoms with Gasteiger partial charge in [0.25, 0.3) is 5.88 Å². The van der Waals surface area contributed by atoms with Gasteiger partial charge < -0.3 is 10.5 Å². The fourth-order valence-electron chi connectivity index (χ4n) is 2.58. The smallest absolute Gasteiger partial charge is 0.256 e. The van der Waals surface area contributed by atoms with Crippen LogP contribution in [-0.2, 0) is 19.4 Å². The molecule has 2 N–H and O–H groups in total. The summed E-state index contributed by atoms with van der Waals surface area (Å²) in [5.41, 5.74) is 8.55. The third kappa shape index (κ3) is 2.51. The maximum Gasteiger partial charge on any atom is 0.256 e. The minimum absolute atomic E-state index is 0.0105. The van der Waals surface area contributed by atoms with Gasteiger partial charge in [-0.3, -0.25) is 0 Å². The monoisotopic (exact) mass is 272 g/mol. The van der Waals surface area contributed by atoms with E-state index in [-0.39, 0.29) is 12.4 Å². The zero-order chi connectivity index (χ0) is 13.9. The second kappa shape index (κ2) is 5.59. The molecule has 0 bridgehead atoms. The second-order valence-electron chi connectivity index (χ2n) is 5.03. The van der Waals surface area contributed by atoms with Gasteiger partial charge in [-0.1, -0.05) is 6.07 Å². The molecule has 104 valence electrons. The Kier molecular flexibility index (Phi) is 3.65. The van der Waals surface area contributed by atoms with Gasteiger partial charge in [-0.15, -0.1) is 0 Å². The molecule has 2 aromatic rings. The van der Waals surface area contributed by atoms with Crippen molar-refractivity contribution < 1.29 is 9.13 Å². The molecule has 0 atom stereocenters. The van der Waals surface area contributed by atoms with Crippen LogP contribution in [0.1, 0.15) is 29.5 Å². The van der Waals surface area contributed by atoms with E-state index in [1.54, 1.807) is 6.07 Å². The van der Waals surface area contributed by atoms with Crippen LogP contribution < -0.4 is 10.5 Å². The number of ether oxygens (including phenoxy) is 1. The van der Waals surface area contributed by atoms with Crippen LogP contribution in [0.3, 0.4) is 0 Å². The first kappa shape index (κ1) is 13.1. The molecule has 0 saturated heterocycles. The van der Waals surface area contributed by atoms with E-state index in [1.165, 1.54) is 30.2 Å². The summed E-state index contributed by atoms with van der Waals surface area (Å²) in [6.07, 6.45) is 6.13. The Labute approximate surface area is 117 Å². The predicted molar refractivity (Wildman–Crippen MR) is 75.2 cm³/mol. The molecule has 0 fully saturated rings. The lowest BCUT2D eigenvalue weighted by atomic mass is 9.92. The van der Waals surface area contributed by atoms with Crippen LogP contribution in [0.25, 0.3) is 0 Å². The van der Waals surface area contributed by atoms with Gasteiger partial charge in [0.15, 0.2) is 5.82 Å². The number of aromatic nitrogens is 1.